The maximum Gasteiger partial charge on any atom is 0.262 e. The molecule has 5 nitrogen and oxygen atoms in total. The van der Waals surface area contributed by atoms with Gasteiger partial charge in [0.05, 0.1) is 18.3 Å². The van der Waals surface area contributed by atoms with Crippen molar-refractivity contribution in [1.82, 2.24) is 9.55 Å². The van der Waals surface area contributed by atoms with Crippen LogP contribution < -0.4 is 10.3 Å². The van der Waals surface area contributed by atoms with E-state index in [9.17, 15) is 9.90 Å². The Bertz CT molecular complexity index is 782. The van der Waals surface area contributed by atoms with E-state index in [1.165, 1.54) is 22.2 Å². The minimum atomic E-state index is -0.777. The van der Waals surface area contributed by atoms with Gasteiger partial charge >= 0.3 is 0 Å². The van der Waals surface area contributed by atoms with E-state index >= 15 is 0 Å². The molecule has 0 aliphatic carbocycles. The minimum Gasteiger partial charge on any atom is -0.491 e. The second-order valence-electron chi connectivity index (χ2n) is 4.62. The number of aromatic nitrogens is 2. The molecule has 108 valence electrons. The molecule has 6 heteroatoms. The third-order valence-electron chi connectivity index (χ3n) is 3.04. The third kappa shape index (κ3) is 3.12. The number of fused-ring (bicyclic) bond motifs is 1. The van der Waals surface area contributed by atoms with Gasteiger partial charge in [-0.25, -0.2) is 4.98 Å². The van der Waals surface area contributed by atoms with Crippen LogP contribution in [0.2, 0.25) is 0 Å². The smallest absolute Gasteiger partial charge is 0.262 e. The Morgan fingerprint density at radius 2 is 2.10 bits per heavy atom. The summed E-state index contributed by atoms with van der Waals surface area (Å²) >= 11 is 1.42. The van der Waals surface area contributed by atoms with Crippen molar-refractivity contribution < 1.29 is 9.84 Å². The van der Waals surface area contributed by atoms with Crippen LogP contribution >= 0.6 is 11.3 Å². The fourth-order valence-corrected chi connectivity index (χ4v) is 2.74. The first-order chi connectivity index (χ1) is 10.2. The van der Waals surface area contributed by atoms with E-state index < -0.39 is 6.10 Å². The summed E-state index contributed by atoms with van der Waals surface area (Å²) in [6.07, 6.45) is 0.688. The standard InChI is InChI=1S/C15H14N2O3S/c18-11(9-20-12-4-2-1-3-5-12)8-17-10-16-14-13(15(17)19)6-7-21-14/h1-7,10-11,18H,8-9H2. The van der Waals surface area contributed by atoms with E-state index in [0.717, 1.165) is 0 Å². The zero-order valence-corrected chi connectivity index (χ0v) is 12.0. The molecule has 0 aliphatic heterocycles. The Hall–Kier alpha value is -2.18. The highest BCUT2D eigenvalue weighted by Crippen LogP contribution is 2.13. The van der Waals surface area contributed by atoms with Gasteiger partial charge in [-0.2, -0.15) is 0 Å². The maximum absolute atomic E-state index is 12.2. The summed E-state index contributed by atoms with van der Waals surface area (Å²) in [5, 5.41) is 12.4. The van der Waals surface area contributed by atoms with Crippen LogP contribution in [-0.4, -0.2) is 27.4 Å². The number of thiophene rings is 1. The molecule has 0 bridgehead atoms. The van der Waals surface area contributed by atoms with Gasteiger partial charge in [-0.05, 0) is 23.6 Å². The fourth-order valence-electron chi connectivity index (χ4n) is 2.01. The molecule has 2 aromatic heterocycles. The van der Waals surface area contributed by atoms with Gasteiger partial charge < -0.3 is 9.84 Å². The topological polar surface area (TPSA) is 64.4 Å². The fraction of sp³-hybridized carbons (Fsp3) is 0.200. The summed E-state index contributed by atoms with van der Waals surface area (Å²) in [5.41, 5.74) is -0.139. The van der Waals surface area contributed by atoms with Crippen LogP contribution in [0.1, 0.15) is 0 Å². The number of ether oxygens (including phenoxy) is 1. The van der Waals surface area contributed by atoms with Gasteiger partial charge in [0, 0.05) is 0 Å². The summed E-state index contributed by atoms with van der Waals surface area (Å²) in [7, 11) is 0. The van der Waals surface area contributed by atoms with Crippen molar-refractivity contribution >= 4 is 21.6 Å². The van der Waals surface area contributed by atoms with Crippen LogP contribution in [0.5, 0.6) is 5.75 Å². The summed E-state index contributed by atoms with van der Waals surface area (Å²) < 4.78 is 6.88. The Balaban J connectivity index is 1.67. The zero-order chi connectivity index (χ0) is 14.7. The maximum atomic E-state index is 12.2. The summed E-state index contributed by atoms with van der Waals surface area (Å²) in [5.74, 6) is 0.690. The Labute approximate surface area is 125 Å². The summed E-state index contributed by atoms with van der Waals surface area (Å²) in [4.78, 5) is 17.1. The molecule has 0 saturated carbocycles. The first kappa shape index (κ1) is 13.8. The Morgan fingerprint density at radius 3 is 2.90 bits per heavy atom. The molecular formula is C15H14N2O3S. The average molecular weight is 302 g/mol. The van der Waals surface area contributed by atoms with E-state index in [-0.39, 0.29) is 18.7 Å². The summed E-state index contributed by atoms with van der Waals surface area (Å²) in [6.45, 7) is 0.280. The van der Waals surface area contributed by atoms with Crippen molar-refractivity contribution in [3.8, 4) is 5.75 Å². The van der Waals surface area contributed by atoms with Gasteiger partial charge in [-0.1, -0.05) is 18.2 Å². The van der Waals surface area contributed by atoms with Crippen LogP contribution in [0, 0.1) is 0 Å². The van der Waals surface area contributed by atoms with Gasteiger partial charge in [0.2, 0.25) is 0 Å². The van der Waals surface area contributed by atoms with Crippen molar-refractivity contribution in [2.24, 2.45) is 0 Å². The van der Waals surface area contributed by atoms with Crippen molar-refractivity contribution in [3.05, 3.63) is 58.5 Å². The van der Waals surface area contributed by atoms with Gasteiger partial charge in [-0.3, -0.25) is 9.36 Å². The van der Waals surface area contributed by atoms with E-state index in [2.05, 4.69) is 4.98 Å². The van der Waals surface area contributed by atoms with Gasteiger partial charge in [0.25, 0.3) is 5.56 Å². The van der Waals surface area contributed by atoms with Crippen molar-refractivity contribution in [2.75, 3.05) is 6.61 Å². The molecule has 3 aromatic rings. The molecule has 0 saturated heterocycles. The van der Waals surface area contributed by atoms with Gasteiger partial charge in [-0.15, -0.1) is 11.3 Å². The normalized spacial score (nSPS) is 12.4. The Morgan fingerprint density at radius 1 is 1.29 bits per heavy atom. The number of para-hydroxylation sites is 1. The second-order valence-corrected chi connectivity index (χ2v) is 5.51. The predicted octanol–water partition coefficient (Wildman–Crippen LogP) is 1.90. The van der Waals surface area contributed by atoms with Gasteiger partial charge in [0.1, 0.15) is 23.3 Å². The molecule has 0 fully saturated rings. The molecule has 1 unspecified atom stereocenters. The van der Waals surface area contributed by atoms with Crippen molar-refractivity contribution in [1.29, 1.82) is 0 Å². The molecule has 3 rings (SSSR count). The SMILES string of the molecule is O=c1c2ccsc2ncn1CC(O)COc1ccccc1. The van der Waals surface area contributed by atoms with Crippen LogP contribution in [-0.2, 0) is 6.54 Å². The Kier molecular flexibility index (Phi) is 3.98. The first-order valence-corrected chi connectivity index (χ1v) is 7.40. The predicted molar refractivity (Wildman–Crippen MR) is 81.8 cm³/mol. The largest absolute Gasteiger partial charge is 0.491 e. The highest BCUT2D eigenvalue weighted by molar-refractivity contribution is 7.16. The number of aliphatic hydroxyl groups excluding tert-OH is 1. The first-order valence-electron chi connectivity index (χ1n) is 6.52. The van der Waals surface area contributed by atoms with E-state index in [1.807, 2.05) is 35.7 Å². The van der Waals surface area contributed by atoms with E-state index in [4.69, 9.17) is 4.74 Å². The third-order valence-corrected chi connectivity index (χ3v) is 3.86. The second kappa shape index (κ2) is 6.07. The monoisotopic (exact) mass is 302 g/mol. The van der Waals surface area contributed by atoms with Gasteiger partial charge in [0.15, 0.2) is 0 Å². The molecule has 21 heavy (non-hydrogen) atoms. The van der Waals surface area contributed by atoms with Crippen LogP contribution in [0.4, 0.5) is 0 Å². The highest BCUT2D eigenvalue weighted by Gasteiger charge is 2.10. The molecule has 0 spiro atoms. The number of aliphatic hydroxyl groups is 1. The lowest BCUT2D eigenvalue weighted by Crippen LogP contribution is -2.30. The number of hydrogen-bond donors (Lipinski definition) is 1. The van der Waals surface area contributed by atoms with Crippen molar-refractivity contribution in [2.45, 2.75) is 12.6 Å². The lowest BCUT2D eigenvalue weighted by Gasteiger charge is -2.13. The molecule has 0 radical (unpaired) electrons. The summed E-state index contributed by atoms with van der Waals surface area (Å²) in [6, 6.07) is 11.0. The lowest BCUT2D eigenvalue weighted by molar-refractivity contribution is 0.0915. The van der Waals surface area contributed by atoms with E-state index in [1.54, 1.807) is 6.07 Å². The highest BCUT2D eigenvalue weighted by atomic mass is 32.1. The molecule has 1 aromatic carbocycles. The average Bonchev–Trinajstić information content (AvgIpc) is 2.98. The zero-order valence-electron chi connectivity index (χ0n) is 11.2. The molecule has 2 heterocycles. The minimum absolute atomic E-state index is 0.123. The molecule has 0 aliphatic rings. The number of hydrogen-bond acceptors (Lipinski definition) is 5. The van der Waals surface area contributed by atoms with E-state index in [0.29, 0.717) is 16.0 Å². The lowest BCUT2D eigenvalue weighted by atomic mass is 10.3. The molecule has 1 atom stereocenters. The number of nitrogens with zero attached hydrogens (tertiary/aromatic N) is 2. The molecule has 1 N–H and O–H groups in total. The van der Waals surface area contributed by atoms with Crippen LogP contribution in [0.15, 0.2) is 52.9 Å². The molecule has 0 amide bonds. The molecular weight excluding hydrogens is 288 g/mol. The number of benzene rings is 1. The van der Waals surface area contributed by atoms with Crippen LogP contribution in [0.3, 0.4) is 0 Å². The van der Waals surface area contributed by atoms with Crippen LogP contribution in [0.25, 0.3) is 10.2 Å². The quantitative estimate of drug-likeness (QED) is 0.782. The van der Waals surface area contributed by atoms with Crippen molar-refractivity contribution in [3.63, 3.8) is 0 Å². The number of rotatable bonds is 5.